The zero-order chi connectivity index (χ0) is 18.9. The zero-order valence-electron chi connectivity index (χ0n) is 15.1. The molecule has 1 aromatic carbocycles. The van der Waals surface area contributed by atoms with Crippen LogP contribution in [0.25, 0.3) is 0 Å². The molecule has 0 atom stereocenters. The van der Waals surface area contributed by atoms with Gasteiger partial charge in [-0.25, -0.2) is 4.39 Å². The second-order valence-electron chi connectivity index (χ2n) is 7.53. The number of hydrogen-bond donors (Lipinski definition) is 2. The first kappa shape index (κ1) is 17.7. The van der Waals surface area contributed by atoms with Crippen LogP contribution in [-0.2, 0) is 6.42 Å². The van der Waals surface area contributed by atoms with Gasteiger partial charge in [0.2, 0.25) is 5.91 Å². The molecule has 0 unspecified atom stereocenters. The minimum absolute atomic E-state index is 0.122. The van der Waals surface area contributed by atoms with Gasteiger partial charge in [0.25, 0.3) is 0 Å². The van der Waals surface area contributed by atoms with Gasteiger partial charge in [-0.2, -0.15) is 0 Å². The van der Waals surface area contributed by atoms with Crippen LogP contribution in [0.2, 0.25) is 0 Å². The Morgan fingerprint density at radius 2 is 1.96 bits per heavy atom. The molecule has 0 bridgehead atoms. The number of carbonyl (C=O) groups excluding carboxylic acids is 1. The Hall–Kier alpha value is -2.71. The molecule has 2 saturated carbocycles. The smallest absolute Gasteiger partial charge is 0.249 e. The van der Waals surface area contributed by atoms with Crippen LogP contribution in [0, 0.1) is 17.7 Å². The molecule has 1 amide bonds. The lowest BCUT2D eigenvalue weighted by molar-refractivity contribution is 0.0997. The standard InChI is InChI=1S/C22H22FN3O/c23-20-16(3-2-15-8-12-25-13-9-15)4-7-18(21(24)27)19(20)14-22(10-1-11-22)26-17-5-6-17/h4,7-9,12-13,17,26H,1,5-6,10-11,14H2,(H2,24,27). The highest BCUT2D eigenvalue weighted by atomic mass is 19.1. The molecule has 2 fully saturated rings. The lowest BCUT2D eigenvalue weighted by Crippen LogP contribution is -2.54. The predicted molar refractivity (Wildman–Crippen MR) is 102 cm³/mol. The van der Waals surface area contributed by atoms with Gasteiger partial charge < -0.3 is 11.1 Å². The predicted octanol–water partition coefficient (Wildman–Crippen LogP) is 2.94. The van der Waals surface area contributed by atoms with E-state index in [1.54, 1.807) is 30.6 Å². The van der Waals surface area contributed by atoms with E-state index in [1.807, 2.05) is 0 Å². The Morgan fingerprint density at radius 3 is 2.56 bits per heavy atom. The molecule has 2 aliphatic rings. The Balaban J connectivity index is 1.68. The number of nitrogens with zero attached hydrogens (tertiary/aromatic N) is 1. The summed E-state index contributed by atoms with van der Waals surface area (Å²) in [6.45, 7) is 0. The van der Waals surface area contributed by atoms with Crippen LogP contribution in [0.5, 0.6) is 0 Å². The van der Waals surface area contributed by atoms with Crippen molar-refractivity contribution in [1.29, 1.82) is 0 Å². The van der Waals surface area contributed by atoms with Crippen molar-refractivity contribution < 1.29 is 9.18 Å². The van der Waals surface area contributed by atoms with Crippen molar-refractivity contribution in [3.8, 4) is 11.8 Å². The number of aromatic nitrogens is 1. The monoisotopic (exact) mass is 363 g/mol. The molecule has 5 heteroatoms. The number of pyridine rings is 1. The second-order valence-corrected chi connectivity index (χ2v) is 7.53. The first-order valence-electron chi connectivity index (χ1n) is 9.37. The van der Waals surface area contributed by atoms with E-state index in [0.717, 1.165) is 24.8 Å². The van der Waals surface area contributed by atoms with Gasteiger partial charge in [-0.1, -0.05) is 11.8 Å². The van der Waals surface area contributed by atoms with Crippen molar-refractivity contribution in [2.45, 2.75) is 50.1 Å². The molecule has 2 aromatic rings. The van der Waals surface area contributed by atoms with Gasteiger partial charge in [-0.3, -0.25) is 9.78 Å². The van der Waals surface area contributed by atoms with Gasteiger partial charge in [0.05, 0.1) is 5.56 Å². The minimum atomic E-state index is -0.599. The number of nitrogens with one attached hydrogen (secondary N) is 1. The topological polar surface area (TPSA) is 68.0 Å². The number of hydrogen-bond acceptors (Lipinski definition) is 3. The second kappa shape index (κ2) is 7.13. The average Bonchev–Trinajstić information content (AvgIpc) is 3.45. The van der Waals surface area contributed by atoms with E-state index < -0.39 is 11.7 Å². The normalized spacial score (nSPS) is 17.5. The average molecular weight is 363 g/mol. The van der Waals surface area contributed by atoms with Crippen LogP contribution < -0.4 is 11.1 Å². The Morgan fingerprint density at radius 1 is 1.22 bits per heavy atom. The van der Waals surface area contributed by atoms with Crippen molar-refractivity contribution in [3.63, 3.8) is 0 Å². The van der Waals surface area contributed by atoms with Crippen molar-refractivity contribution in [3.05, 3.63) is 64.7 Å². The van der Waals surface area contributed by atoms with Gasteiger partial charge >= 0.3 is 0 Å². The number of benzene rings is 1. The summed E-state index contributed by atoms with van der Waals surface area (Å²) in [6.07, 6.45) is 9.21. The first-order valence-corrected chi connectivity index (χ1v) is 9.37. The summed E-state index contributed by atoms with van der Waals surface area (Å²) in [7, 11) is 0. The summed E-state index contributed by atoms with van der Waals surface area (Å²) >= 11 is 0. The van der Waals surface area contributed by atoms with E-state index in [0.29, 0.717) is 18.0 Å². The van der Waals surface area contributed by atoms with Crippen molar-refractivity contribution >= 4 is 5.91 Å². The molecule has 0 saturated heterocycles. The number of primary amides is 1. The van der Waals surface area contributed by atoms with Gasteiger partial charge in [0.15, 0.2) is 0 Å². The van der Waals surface area contributed by atoms with E-state index >= 15 is 4.39 Å². The summed E-state index contributed by atoms with van der Waals surface area (Å²) in [5, 5.41) is 3.66. The van der Waals surface area contributed by atoms with Crippen LogP contribution in [0.3, 0.4) is 0 Å². The zero-order valence-corrected chi connectivity index (χ0v) is 15.1. The number of halogens is 1. The lowest BCUT2D eigenvalue weighted by atomic mass is 9.71. The van der Waals surface area contributed by atoms with Crippen molar-refractivity contribution in [2.24, 2.45) is 5.73 Å². The third kappa shape index (κ3) is 3.86. The number of nitrogens with two attached hydrogens (primary N) is 1. The van der Waals surface area contributed by atoms with E-state index in [9.17, 15) is 4.79 Å². The summed E-state index contributed by atoms with van der Waals surface area (Å²) in [6, 6.07) is 7.20. The number of amides is 1. The third-order valence-corrected chi connectivity index (χ3v) is 5.44. The van der Waals surface area contributed by atoms with E-state index in [2.05, 4.69) is 22.1 Å². The lowest BCUT2D eigenvalue weighted by Gasteiger charge is -2.43. The minimum Gasteiger partial charge on any atom is -0.366 e. The number of rotatable bonds is 5. The van der Waals surface area contributed by atoms with Crippen LogP contribution in [0.15, 0.2) is 36.7 Å². The van der Waals surface area contributed by atoms with E-state index in [4.69, 9.17) is 5.73 Å². The molecule has 1 aromatic heterocycles. The van der Waals surface area contributed by atoms with E-state index in [1.165, 1.54) is 18.9 Å². The Kier molecular flexibility index (Phi) is 4.67. The maximum atomic E-state index is 15.3. The maximum Gasteiger partial charge on any atom is 0.249 e. The van der Waals surface area contributed by atoms with E-state index in [-0.39, 0.29) is 16.7 Å². The highest BCUT2D eigenvalue weighted by Gasteiger charge is 2.42. The molecule has 138 valence electrons. The molecule has 4 nitrogen and oxygen atoms in total. The van der Waals surface area contributed by atoms with Gasteiger partial charge in [-0.15, -0.1) is 0 Å². The van der Waals surface area contributed by atoms with Gasteiger partial charge in [0.1, 0.15) is 5.82 Å². The fraction of sp³-hybridized carbons (Fsp3) is 0.364. The van der Waals surface area contributed by atoms with Crippen molar-refractivity contribution in [2.75, 3.05) is 0 Å². The van der Waals surface area contributed by atoms with Crippen LogP contribution in [0.1, 0.15) is 59.2 Å². The van der Waals surface area contributed by atoms with Crippen molar-refractivity contribution in [1.82, 2.24) is 10.3 Å². The van der Waals surface area contributed by atoms with Crippen LogP contribution >= 0.6 is 0 Å². The molecule has 0 aliphatic heterocycles. The molecular formula is C22H22FN3O. The summed E-state index contributed by atoms with van der Waals surface area (Å²) < 4.78 is 15.3. The third-order valence-electron chi connectivity index (χ3n) is 5.44. The SMILES string of the molecule is NC(=O)c1ccc(C#Cc2ccncc2)c(F)c1CC1(NC2CC2)CCC1. The fourth-order valence-electron chi connectivity index (χ4n) is 3.67. The molecular weight excluding hydrogens is 341 g/mol. The van der Waals surface area contributed by atoms with Crippen LogP contribution in [-0.4, -0.2) is 22.5 Å². The molecule has 27 heavy (non-hydrogen) atoms. The Bertz CT molecular complexity index is 922. The fourth-order valence-corrected chi connectivity index (χ4v) is 3.67. The first-order chi connectivity index (χ1) is 13.1. The van der Waals surface area contributed by atoms with Crippen LogP contribution in [0.4, 0.5) is 4.39 Å². The quantitative estimate of drug-likeness (QED) is 0.803. The molecule has 1 heterocycles. The highest BCUT2D eigenvalue weighted by molar-refractivity contribution is 5.94. The molecule has 0 radical (unpaired) electrons. The largest absolute Gasteiger partial charge is 0.366 e. The summed E-state index contributed by atoms with van der Waals surface area (Å²) in [5.41, 5.74) is 7.09. The Labute approximate surface area is 158 Å². The summed E-state index contributed by atoms with van der Waals surface area (Å²) in [4.78, 5) is 15.8. The molecule has 2 aliphatic carbocycles. The highest BCUT2D eigenvalue weighted by Crippen LogP contribution is 2.39. The molecule has 0 spiro atoms. The van der Waals surface area contributed by atoms with Gasteiger partial charge in [-0.05, 0) is 62.8 Å². The molecule has 3 N–H and O–H groups in total. The number of carbonyl (C=O) groups is 1. The maximum absolute atomic E-state index is 15.3. The molecule has 4 rings (SSSR count). The van der Waals surface area contributed by atoms with Gasteiger partial charge in [0, 0.05) is 40.7 Å². The summed E-state index contributed by atoms with van der Waals surface area (Å²) in [5.74, 6) is 4.80.